The van der Waals surface area contributed by atoms with E-state index in [0.29, 0.717) is 49.1 Å². The smallest absolute Gasteiger partial charge is 0.224 e. The van der Waals surface area contributed by atoms with E-state index in [1.807, 2.05) is 18.2 Å². The Hall–Kier alpha value is -2.97. The van der Waals surface area contributed by atoms with Gasteiger partial charge >= 0.3 is 0 Å². The number of aryl methyl sites for hydroxylation is 1. The Morgan fingerprint density at radius 3 is 2.60 bits per heavy atom. The highest BCUT2D eigenvalue weighted by Crippen LogP contribution is 2.30. The van der Waals surface area contributed by atoms with Gasteiger partial charge in [-0.1, -0.05) is 6.07 Å². The maximum Gasteiger partial charge on any atom is 0.224 e. The van der Waals surface area contributed by atoms with Crippen molar-refractivity contribution in [3.8, 4) is 23.0 Å². The normalized spacial score (nSPS) is 13.8. The second-order valence-electron chi connectivity index (χ2n) is 6.90. The second kappa shape index (κ2) is 10.7. The minimum atomic E-state index is -0.670. The van der Waals surface area contributed by atoms with E-state index in [1.54, 1.807) is 32.4 Å². The summed E-state index contributed by atoms with van der Waals surface area (Å²) in [6, 6.07) is 11.0. The van der Waals surface area contributed by atoms with Crippen molar-refractivity contribution in [2.75, 3.05) is 45.8 Å². The van der Waals surface area contributed by atoms with Crippen LogP contribution in [-0.4, -0.2) is 57.6 Å². The lowest BCUT2D eigenvalue weighted by Gasteiger charge is -2.18. The molecule has 8 heteroatoms. The van der Waals surface area contributed by atoms with Crippen LogP contribution in [0.3, 0.4) is 0 Å². The Balaban J connectivity index is 1.34. The summed E-state index contributed by atoms with van der Waals surface area (Å²) in [5, 5.41) is 16.1. The quantitative estimate of drug-likeness (QED) is 0.482. The first-order chi connectivity index (χ1) is 14.6. The number of aliphatic hydroxyl groups is 1. The third-order valence-electron chi connectivity index (χ3n) is 4.70. The molecule has 0 spiro atoms. The van der Waals surface area contributed by atoms with Gasteiger partial charge < -0.3 is 34.7 Å². The van der Waals surface area contributed by atoms with Gasteiger partial charge in [-0.05, 0) is 30.2 Å². The first-order valence-corrected chi connectivity index (χ1v) is 9.88. The van der Waals surface area contributed by atoms with Crippen LogP contribution < -0.4 is 29.6 Å². The van der Waals surface area contributed by atoms with E-state index in [1.165, 1.54) is 0 Å². The molecule has 1 amide bonds. The van der Waals surface area contributed by atoms with Gasteiger partial charge in [-0.25, -0.2) is 0 Å². The van der Waals surface area contributed by atoms with Crippen LogP contribution in [0.1, 0.15) is 12.0 Å². The molecule has 0 unspecified atom stereocenters. The molecular weight excluding hydrogens is 388 g/mol. The molecule has 1 heterocycles. The van der Waals surface area contributed by atoms with Crippen molar-refractivity contribution in [2.24, 2.45) is 0 Å². The lowest BCUT2D eigenvalue weighted by atomic mass is 10.0. The van der Waals surface area contributed by atoms with Crippen LogP contribution in [0.2, 0.25) is 0 Å². The molecule has 3 N–H and O–H groups in total. The number of rotatable bonds is 11. The third-order valence-corrected chi connectivity index (χ3v) is 4.70. The highest BCUT2D eigenvalue weighted by Gasteiger charge is 2.15. The number of hydrogen-bond donors (Lipinski definition) is 3. The number of methoxy groups -OCH3 is 2. The molecule has 1 aliphatic rings. The fraction of sp³-hybridized carbons (Fsp3) is 0.409. The lowest BCUT2D eigenvalue weighted by Crippen LogP contribution is -2.33. The molecule has 1 aliphatic heterocycles. The van der Waals surface area contributed by atoms with Gasteiger partial charge in [0.1, 0.15) is 30.8 Å². The van der Waals surface area contributed by atoms with Gasteiger partial charge in [-0.2, -0.15) is 0 Å². The number of benzene rings is 2. The number of hydrogen-bond acceptors (Lipinski definition) is 7. The number of amides is 1. The Kier molecular flexibility index (Phi) is 7.75. The minimum absolute atomic E-state index is 0.0131. The average Bonchev–Trinajstić information content (AvgIpc) is 2.76. The molecule has 8 nitrogen and oxygen atoms in total. The number of anilines is 1. The number of aliphatic hydroxyl groups excluding tert-OH is 1. The summed E-state index contributed by atoms with van der Waals surface area (Å²) in [6.45, 7) is 1.52. The Bertz CT molecular complexity index is 858. The number of ether oxygens (including phenoxy) is 4. The topological polar surface area (TPSA) is 98.3 Å². The fourth-order valence-electron chi connectivity index (χ4n) is 3.11. The molecule has 0 saturated carbocycles. The summed E-state index contributed by atoms with van der Waals surface area (Å²) in [6.07, 6.45) is 0.573. The summed E-state index contributed by atoms with van der Waals surface area (Å²) in [5.74, 6) is 2.56. The summed E-state index contributed by atoms with van der Waals surface area (Å²) < 4.78 is 21.8. The van der Waals surface area contributed by atoms with Crippen molar-refractivity contribution >= 4 is 11.6 Å². The summed E-state index contributed by atoms with van der Waals surface area (Å²) >= 11 is 0. The first-order valence-electron chi connectivity index (χ1n) is 9.88. The van der Waals surface area contributed by atoms with E-state index in [-0.39, 0.29) is 12.5 Å². The van der Waals surface area contributed by atoms with Crippen molar-refractivity contribution in [3.05, 3.63) is 42.0 Å². The molecule has 162 valence electrons. The first kappa shape index (κ1) is 21.7. The summed E-state index contributed by atoms with van der Waals surface area (Å²) in [4.78, 5) is 11.5. The van der Waals surface area contributed by atoms with E-state index >= 15 is 0 Å². The van der Waals surface area contributed by atoms with Crippen LogP contribution in [0.4, 0.5) is 5.69 Å². The SMILES string of the molecule is COc1ccc(OCCNC[C@H](O)COc2ccc3c(c2)NC(=O)CC3)cc1OC. The average molecular weight is 416 g/mol. The van der Waals surface area contributed by atoms with Crippen molar-refractivity contribution < 1.29 is 28.8 Å². The zero-order valence-electron chi connectivity index (χ0n) is 17.3. The van der Waals surface area contributed by atoms with Crippen LogP contribution in [0.15, 0.2) is 36.4 Å². The van der Waals surface area contributed by atoms with Crippen LogP contribution in [0.25, 0.3) is 0 Å². The molecule has 0 saturated heterocycles. The fourth-order valence-corrected chi connectivity index (χ4v) is 3.11. The van der Waals surface area contributed by atoms with Crippen LogP contribution in [-0.2, 0) is 11.2 Å². The molecule has 2 aromatic carbocycles. The van der Waals surface area contributed by atoms with Crippen molar-refractivity contribution in [3.63, 3.8) is 0 Å². The number of carbonyl (C=O) groups excluding carboxylic acids is 1. The zero-order chi connectivity index (χ0) is 21.3. The van der Waals surface area contributed by atoms with Gasteiger partial charge in [0.2, 0.25) is 5.91 Å². The van der Waals surface area contributed by atoms with Crippen molar-refractivity contribution in [1.29, 1.82) is 0 Å². The Morgan fingerprint density at radius 2 is 1.80 bits per heavy atom. The maximum atomic E-state index is 11.5. The van der Waals surface area contributed by atoms with Crippen LogP contribution in [0, 0.1) is 0 Å². The minimum Gasteiger partial charge on any atom is -0.493 e. The molecule has 0 fully saturated rings. The van der Waals surface area contributed by atoms with Gasteiger partial charge in [0.05, 0.1) is 14.2 Å². The maximum absolute atomic E-state index is 11.5. The van der Waals surface area contributed by atoms with E-state index in [4.69, 9.17) is 18.9 Å². The monoisotopic (exact) mass is 416 g/mol. The van der Waals surface area contributed by atoms with Gasteiger partial charge in [-0.15, -0.1) is 0 Å². The highest BCUT2D eigenvalue weighted by atomic mass is 16.5. The number of fused-ring (bicyclic) bond motifs is 1. The molecule has 3 rings (SSSR count). The molecule has 1 atom stereocenters. The van der Waals surface area contributed by atoms with Crippen molar-refractivity contribution in [2.45, 2.75) is 18.9 Å². The number of carbonyl (C=O) groups is 1. The predicted octanol–water partition coefficient (Wildman–Crippen LogP) is 2.00. The summed E-state index contributed by atoms with van der Waals surface area (Å²) in [7, 11) is 3.16. The molecule has 0 bridgehead atoms. The van der Waals surface area contributed by atoms with Gasteiger partial charge in [0.25, 0.3) is 0 Å². The Labute approximate surface area is 176 Å². The number of nitrogens with one attached hydrogen (secondary N) is 2. The van der Waals surface area contributed by atoms with Crippen LogP contribution >= 0.6 is 0 Å². The third kappa shape index (κ3) is 6.01. The van der Waals surface area contributed by atoms with E-state index in [9.17, 15) is 9.90 Å². The van der Waals surface area contributed by atoms with Crippen molar-refractivity contribution in [1.82, 2.24) is 5.32 Å². The molecular formula is C22H28N2O6. The largest absolute Gasteiger partial charge is 0.493 e. The highest BCUT2D eigenvalue weighted by molar-refractivity contribution is 5.94. The van der Waals surface area contributed by atoms with E-state index in [2.05, 4.69) is 10.6 Å². The van der Waals surface area contributed by atoms with Gasteiger partial charge in [0.15, 0.2) is 11.5 Å². The zero-order valence-corrected chi connectivity index (χ0v) is 17.3. The van der Waals surface area contributed by atoms with E-state index < -0.39 is 6.10 Å². The molecule has 0 radical (unpaired) electrons. The second-order valence-corrected chi connectivity index (χ2v) is 6.90. The molecule has 30 heavy (non-hydrogen) atoms. The van der Waals surface area contributed by atoms with Gasteiger partial charge in [-0.3, -0.25) is 4.79 Å². The molecule has 0 aliphatic carbocycles. The molecule has 2 aromatic rings. The predicted molar refractivity (Wildman–Crippen MR) is 113 cm³/mol. The van der Waals surface area contributed by atoms with E-state index in [0.717, 1.165) is 17.7 Å². The summed E-state index contributed by atoms with van der Waals surface area (Å²) in [5.41, 5.74) is 1.88. The van der Waals surface area contributed by atoms with Gasteiger partial charge in [0, 0.05) is 37.3 Å². The standard InChI is InChI=1S/C22H28N2O6/c1-27-20-7-6-18(12-21(20)28-2)29-10-9-23-13-16(25)14-30-17-5-3-15-4-8-22(26)24-19(15)11-17/h3,5-7,11-12,16,23,25H,4,8-10,13-14H2,1-2H3,(H,24,26)/t16-/m0/s1. The Morgan fingerprint density at radius 1 is 1.03 bits per heavy atom. The lowest BCUT2D eigenvalue weighted by molar-refractivity contribution is -0.116. The van der Waals surface area contributed by atoms with Crippen LogP contribution in [0.5, 0.6) is 23.0 Å². The molecule has 0 aromatic heterocycles.